The Balaban J connectivity index is 0.00000176. The molecule has 0 unspecified atom stereocenters. The van der Waals surface area contributed by atoms with Crippen molar-refractivity contribution < 1.29 is 9.21 Å². The van der Waals surface area contributed by atoms with Crippen LogP contribution in [0.1, 0.15) is 37.0 Å². The van der Waals surface area contributed by atoms with Crippen molar-refractivity contribution in [1.29, 1.82) is 0 Å². The van der Waals surface area contributed by atoms with Crippen LogP contribution in [0.5, 0.6) is 0 Å². The van der Waals surface area contributed by atoms with Crippen molar-refractivity contribution in [3.63, 3.8) is 0 Å². The van der Waals surface area contributed by atoms with Crippen LogP contribution in [0.4, 0.5) is 0 Å². The average Bonchev–Trinajstić information content (AvgIpc) is 3.02. The highest BCUT2D eigenvalue weighted by Gasteiger charge is 2.20. The molecule has 1 aromatic carbocycles. The summed E-state index contributed by atoms with van der Waals surface area (Å²) in [4.78, 5) is 12.2. The first-order valence-corrected chi connectivity index (χ1v) is 7.51. The smallest absolute Gasteiger partial charge is 0.225 e. The minimum Gasteiger partial charge on any atom is -0.464 e. The normalized spacial score (nSPS) is 13.8. The van der Waals surface area contributed by atoms with E-state index in [2.05, 4.69) is 17.4 Å². The van der Waals surface area contributed by atoms with E-state index in [0.29, 0.717) is 13.0 Å². The van der Waals surface area contributed by atoms with Crippen molar-refractivity contribution in [3.05, 3.63) is 35.1 Å². The molecule has 4 nitrogen and oxygen atoms in total. The van der Waals surface area contributed by atoms with Crippen LogP contribution in [0.3, 0.4) is 0 Å². The summed E-state index contributed by atoms with van der Waals surface area (Å²) in [5.41, 5.74) is 9.89. The van der Waals surface area contributed by atoms with E-state index in [-0.39, 0.29) is 23.9 Å². The van der Waals surface area contributed by atoms with E-state index >= 15 is 0 Å². The molecule has 2 aromatic rings. The topological polar surface area (TPSA) is 68.3 Å². The first-order chi connectivity index (χ1) is 9.98. The van der Waals surface area contributed by atoms with Crippen LogP contribution in [0.25, 0.3) is 11.0 Å². The molecule has 3 rings (SSSR count). The molecule has 22 heavy (non-hydrogen) atoms. The van der Waals surface area contributed by atoms with Crippen LogP contribution < -0.4 is 11.1 Å². The fourth-order valence-electron chi connectivity index (χ4n) is 2.93. The monoisotopic (exact) mass is 322 g/mol. The maximum Gasteiger partial charge on any atom is 0.225 e. The number of nitrogens with one attached hydrogen (secondary N) is 1. The number of carbonyl (C=O) groups excluding carboxylic acids is 1. The van der Waals surface area contributed by atoms with Gasteiger partial charge in [0, 0.05) is 23.0 Å². The number of nitrogens with two attached hydrogens (primary N) is 1. The Labute approximate surface area is 136 Å². The van der Waals surface area contributed by atoms with Gasteiger partial charge in [-0.3, -0.25) is 4.79 Å². The zero-order valence-corrected chi connectivity index (χ0v) is 13.9. The molecule has 1 aliphatic rings. The number of amides is 1. The molecule has 0 spiro atoms. The number of rotatable bonds is 4. The third-order valence-corrected chi connectivity index (χ3v) is 4.21. The lowest BCUT2D eigenvalue weighted by Gasteiger charge is -2.24. The van der Waals surface area contributed by atoms with E-state index in [0.717, 1.165) is 29.4 Å². The molecule has 0 radical (unpaired) electrons. The van der Waals surface area contributed by atoms with Gasteiger partial charge in [0.2, 0.25) is 5.91 Å². The Morgan fingerprint density at radius 1 is 1.32 bits per heavy atom. The van der Waals surface area contributed by atoms with E-state index in [1.165, 1.54) is 17.5 Å². The average molecular weight is 323 g/mol. The summed E-state index contributed by atoms with van der Waals surface area (Å²) in [6.07, 6.45) is 5.50. The number of aryl methyl sites for hydroxylation is 2. The molecule has 120 valence electrons. The number of furan rings is 1. The number of fused-ring (bicyclic) bond motifs is 2. The van der Waals surface area contributed by atoms with Gasteiger partial charge >= 0.3 is 0 Å². The summed E-state index contributed by atoms with van der Waals surface area (Å²) in [5, 5.41) is 4.02. The van der Waals surface area contributed by atoms with Gasteiger partial charge in [0.1, 0.15) is 5.58 Å². The summed E-state index contributed by atoms with van der Waals surface area (Å²) < 4.78 is 5.63. The molecule has 0 aliphatic heterocycles. The lowest BCUT2D eigenvalue weighted by atomic mass is 10.0. The lowest BCUT2D eigenvalue weighted by Crippen LogP contribution is -2.49. The third kappa shape index (κ3) is 3.28. The van der Waals surface area contributed by atoms with E-state index < -0.39 is 0 Å². The Morgan fingerprint density at radius 2 is 2.00 bits per heavy atom. The van der Waals surface area contributed by atoms with Gasteiger partial charge in [-0.05, 0) is 56.4 Å². The summed E-state index contributed by atoms with van der Waals surface area (Å²) in [5.74, 6) is -0.0198. The second-order valence-corrected chi connectivity index (χ2v) is 6.54. The predicted octanol–water partition coefficient (Wildman–Crippen LogP) is 2.74. The Kier molecular flexibility index (Phi) is 4.83. The van der Waals surface area contributed by atoms with Crippen molar-refractivity contribution in [2.75, 3.05) is 6.54 Å². The van der Waals surface area contributed by atoms with Gasteiger partial charge in [-0.15, -0.1) is 12.4 Å². The first-order valence-electron chi connectivity index (χ1n) is 7.51. The zero-order valence-electron chi connectivity index (χ0n) is 13.1. The minimum absolute atomic E-state index is 0. The number of hydrogen-bond donors (Lipinski definition) is 2. The van der Waals surface area contributed by atoms with E-state index in [1.54, 1.807) is 6.26 Å². The molecular weight excluding hydrogens is 300 g/mol. The molecule has 3 N–H and O–H groups in total. The van der Waals surface area contributed by atoms with Gasteiger partial charge in [0.25, 0.3) is 0 Å². The quantitative estimate of drug-likeness (QED) is 0.909. The fourth-order valence-corrected chi connectivity index (χ4v) is 2.93. The molecule has 5 heteroatoms. The molecular formula is C17H23ClN2O2. The number of benzene rings is 1. The second kappa shape index (κ2) is 6.31. The molecule has 0 fully saturated rings. The second-order valence-electron chi connectivity index (χ2n) is 6.54. The predicted molar refractivity (Wildman–Crippen MR) is 90.5 cm³/mol. The summed E-state index contributed by atoms with van der Waals surface area (Å²) >= 11 is 0. The van der Waals surface area contributed by atoms with Crippen molar-refractivity contribution in [2.45, 2.75) is 45.1 Å². The van der Waals surface area contributed by atoms with Gasteiger partial charge in [0.05, 0.1) is 12.7 Å². The summed E-state index contributed by atoms with van der Waals surface area (Å²) in [6.45, 7) is 4.26. The van der Waals surface area contributed by atoms with Crippen LogP contribution in [-0.4, -0.2) is 18.0 Å². The SMILES string of the molecule is CC(C)(CN)NC(=O)Cc1coc2cc3c(cc12)CCC3.Cl. The Bertz CT molecular complexity index is 691. The maximum atomic E-state index is 12.2. The number of hydrogen-bond acceptors (Lipinski definition) is 3. The molecule has 0 atom stereocenters. The zero-order chi connectivity index (χ0) is 15.0. The summed E-state index contributed by atoms with van der Waals surface area (Å²) in [7, 11) is 0. The molecule has 1 amide bonds. The molecule has 0 saturated heterocycles. The fraction of sp³-hybridized carbons (Fsp3) is 0.471. The van der Waals surface area contributed by atoms with E-state index in [9.17, 15) is 4.79 Å². The largest absolute Gasteiger partial charge is 0.464 e. The van der Waals surface area contributed by atoms with Crippen molar-refractivity contribution in [2.24, 2.45) is 5.73 Å². The van der Waals surface area contributed by atoms with Gasteiger partial charge in [-0.25, -0.2) is 0 Å². The van der Waals surface area contributed by atoms with Gasteiger partial charge in [-0.1, -0.05) is 0 Å². The van der Waals surface area contributed by atoms with Crippen molar-refractivity contribution >= 4 is 29.3 Å². The molecule has 1 aliphatic carbocycles. The molecule has 0 saturated carbocycles. The Hall–Kier alpha value is -1.52. The van der Waals surface area contributed by atoms with Crippen LogP contribution in [0.15, 0.2) is 22.8 Å². The third-order valence-electron chi connectivity index (χ3n) is 4.21. The summed E-state index contributed by atoms with van der Waals surface area (Å²) in [6, 6.07) is 4.32. The van der Waals surface area contributed by atoms with Crippen LogP contribution in [0, 0.1) is 0 Å². The first kappa shape index (κ1) is 16.8. The van der Waals surface area contributed by atoms with Crippen LogP contribution >= 0.6 is 12.4 Å². The lowest BCUT2D eigenvalue weighted by molar-refractivity contribution is -0.121. The number of carbonyl (C=O) groups is 1. The molecule has 1 aromatic heterocycles. The van der Waals surface area contributed by atoms with Gasteiger partial charge < -0.3 is 15.5 Å². The highest BCUT2D eigenvalue weighted by molar-refractivity contribution is 5.89. The van der Waals surface area contributed by atoms with Crippen LogP contribution in [-0.2, 0) is 24.1 Å². The van der Waals surface area contributed by atoms with Gasteiger partial charge in [-0.2, -0.15) is 0 Å². The van der Waals surface area contributed by atoms with E-state index in [1.807, 2.05) is 13.8 Å². The highest BCUT2D eigenvalue weighted by Crippen LogP contribution is 2.30. The van der Waals surface area contributed by atoms with Gasteiger partial charge in [0.15, 0.2) is 0 Å². The molecule has 1 heterocycles. The minimum atomic E-state index is -0.377. The van der Waals surface area contributed by atoms with E-state index in [4.69, 9.17) is 10.2 Å². The van der Waals surface area contributed by atoms with Crippen LogP contribution in [0.2, 0.25) is 0 Å². The highest BCUT2D eigenvalue weighted by atomic mass is 35.5. The van der Waals surface area contributed by atoms with Crippen molar-refractivity contribution in [1.82, 2.24) is 5.32 Å². The number of halogens is 1. The maximum absolute atomic E-state index is 12.2. The van der Waals surface area contributed by atoms with Crippen molar-refractivity contribution in [3.8, 4) is 0 Å². The standard InChI is InChI=1S/C17H22N2O2.ClH/c1-17(2,10-18)19-16(20)8-13-9-21-15-7-12-5-3-4-11(12)6-14(13)15;/h6-7,9H,3-5,8,10,18H2,1-2H3,(H,19,20);1H. The molecule has 0 bridgehead atoms. The Morgan fingerprint density at radius 3 is 2.68 bits per heavy atom.